The first-order valence-electron chi connectivity index (χ1n) is 19.9. The van der Waals surface area contributed by atoms with Gasteiger partial charge in [-0.1, -0.05) is 69.3 Å². The first kappa shape index (κ1) is 41.0. The summed E-state index contributed by atoms with van der Waals surface area (Å²) in [6.07, 6.45) is 0.907. The molecular formula is C44H60N6O6. The van der Waals surface area contributed by atoms with Crippen LogP contribution in [0.5, 0.6) is 5.75 Å². The standard InChI is InChI=1S/C44H60N6O6/c1-26-35-22-32(44(35,3)4)23-36(26)48-42(52)39-38(27(2)55-43(53)47-18-17-28-13-10-9-11-14-28)37(24-45)56-50(39)25-29-15-12-16-34(40(29)54-8)30-19-31(41(51)46-5)21-33(20-30)49(6)7/h9-16,19-21,26-27,32,35-39H,17-18,22-25,45H2,1-8H3,(H,46,51)(H,47,53)(H,48,52)/t26-,27-,32+,35-,36-,37-,38+,39-/m0/s1. The minimum atomic E-state index is -0.820. The molecule has 0 unspecified atom stereocenters. The van der Waals surface area contributed by atoms with Gasteiger partial charge in [0.1, 0.15) is 17.9 Å². The van der Waals surface area contributed by atoms with Gasteiger partial charge in [0.2, 0.25) is 5.91 Å². The Balaban J connectivity index is 1.29. The Morgan fingerprint density at radius 1 is 1.05 bits per heavy atom. The van der Waals surface area contributed by atoms with E-state index in [1.54, 1.807) is 26.1 Å². The van der Waals surface area contributed by atoms with E-state index in [0.29, 0.717) is 42.0 Å². The summed E-state index contributed by atoms with van der Waals surface area (Å²) in [5.74, 6) is 1.07. The highest BCUT2D eigenvalue weighted by Gasteiger charge is 2.57. The molecule has 0 radical (unpaired) electrons. The molecule has 3 saturated carbocycles. The molecular weight excluding hydrogens is 709 g/mol. The van der Waals surface area contributed by atoms with Gasteiger partial charge >= 0.3 is 6.09 Å². The number of amides is 3. The fourth-order valence-electron chi connectivity index (χ4n) is 9.40. The molecule has 3 aliphatic carbocycles. The van der Waals surface area contributed by atoms with Crippen molar-refractivity contribution in [1.29, 1.82) is 0 Å². The van der Waals surface area contributed by atoms with Gasteiger partial charge in [0.15, 0.2) is 0 Å². The van der Waals surface area contributed by atoms with Gasteiger partial charge < -0.3 is 36.1 Å². The summed E-state index contributed by atoms with van der Waals surface area (Å²) in [6, 6.07) is 20.7. The second kappa shape index (κ2) is 17.2. The van der Waals surface area contributed by atoms with E-state index in [1.807, 2.05) is 85.7 Å². The zero-order valence-electron chi connectivity index (χ0n) is 34.1. The first-order valence-corrected chi connectivity index (χ1v) is 19.9. The number of hydroxylamine groups is 2. The Hall–Kier alpha value is -4.65. The summed E-state index contributed by atoms with van der Waals surface area (Å²) in [5.41, 5.74) is 11.5. The Morgan fingerprint density at radius 2 is 1.80 bits per heavy atom. The van der Waals surface area contributed by atoms with Crippen LogP contribution in [0.15, 0.2) is 66.7 Å². The normalized spacial score (nSPS) is 25.7. The van der Waals surface area contributed by atoms with Gasteiger partial charge in [-0.25, -0.2) is 4.79 Å². The van der Waals surface area contributed by atoms with E-state index in [0.717, 1.165) is 34.4 Å². The maximum absolute atomic E-state index is 14.7. The minimum absolute atomic E-state index is 0.0209. The number of nitrogens with two attached hydrogens (primary N) is 1. The second-order valence-electron chi connectivity index (χ2n) is 16.6. The van der Waals surface area contributed by atoms with Gasteiger partial charge in [-0.15, -0.1) is 0 Å². The van der Waals surface area contributed by atoms with Crippen LogP contribution in [0.3, 0.4) is 0 Å². The molecule has 302 valence electrons. The van der Waals surface area contributed by atoms with Crippen molar-refractivity contribution in [2.75, 3.05) is 46.2 Å². The molecule has 0 aromatic heterocycles. The number of nitrogens with one attached hydrogen (secondary N) is 3. The average molecular weight is 769 g/mol. The van der Waals surface area contributed by atoms with Crippen LogP contribution < -0.4 is 31.3 Å². The van der Waals surface area contributed by atoms with E-state index >= 15 is 0 Å². The summed E-state index contributed by atoms with van der Waals surface area (Å²) >= 11 is 0. The quantitative estimate of drug-likeness (QED) is 0.170. The van der Waals surface area contributed by atoms with Crippen molar-refractivity contribution in [2.24, 2.45) is 34.8 Å². The van der Waals surface area contributed by atoms with Crippen LogP contribution in [0.4, 0.5) is 10.5 Å². The molecule has 3 amide bonds. The number of benzene rings is 3. The lowest BCUT2D eigenvalue weighted by Crippen LogP contribution is -2.62. The highest BCUT2D eigenvalue weighted by molar-refractivity contribution is 5.97. The fraction of sp³-hybridized carbons (Fsp3) is 0.523. The number of carbonyl (C=O) groups excluding carboxylic acids is 3. The third kappa shape index (κ3) is 8.38. The van der Waals surface area contributed by atoms with Gasteiger partial charge in [0, 0.05) is 62.7 Å². The maximum Gasteiger partial charge on any atom is 0.407 e. The van der Waals surface area contributed by atoms with Crippen molar-refractivity contribution >= 4 is 23.6 Å². The van der Waals surface area contributed by atoms with E-state index < -0.39 is 30.3 Å². The molecule has 56 heavy (non-hydrogen) atoms. The minimum Gasteiger partial charge on any atom is -0.496 e. The number of nitrogens with zero attached hydrogens (tertiary/aromatic N) is 2. The lowest BCUT2D eigenvalue weighted by Gasteiger charge is -2.62. The molecule has 1 heterocycles. The van der Waals surface area contributed by atoms with Crippen molar-refractivity contribution in [3.8, 4) is 16.9 Å². The van der Waals surface area contributed by atoms with Crippen LogP contribution in [-0.2, 0) is 27.3 Å². The van der Waals surface area contributed by atoms with Crippen molar-refractivity contribution in [3.63, 3.8) is 0 Å². The van der Waals surface area contributed by atoms with Crippen LogP contribution in [0.1, 0.15) is 62.0 Å². The maximum atomic E-state index is 14.7. The van der Waals surface area contributed by atoms with Gasteiger partial charge in [-0.3, -0.25) is 14.4 Å². The van der Waals surface area contributed by atoms with Crippen LogP contribution in [-0.4, -0.2) is 88.6 Å². The van der Waals surface area contributed by atoms with Crippen LogP contribution >= 0.6 is 0 Å². The second-order valence-corrected chi connectivity index (χ2v) is 16.6. The molecule has 4 aliphatic rings. The Kier molecular flexibility index (Phi) is 12.6. The third-order valence-electron chi connectivity index (χ3n) is 12.8. The smallest absolute Gasteiger partial charge is 0.407 e. The molecule has 2 bridgehead atoms. The predicted molar refractivity (Wildman–Crippen MR) is 218 cm³/mol. The molecule has 1 aliphatic heterocycles. The van der Waals surface area contributed by atoms with Crippen molar-refractivity contribution < 1.29 is 28.7 Å². The van der Waals surface area contributed by atoms with Gasteiger partial charge in [-0.2, -0.15) is 5.06 Å². The van der Waals surface area contributed by atoms with Gasteiger partial charge in [0.05, 0.1) is 25.7 Å². The molecule has 8 atom stereocenters. The topological polar surface area (TPSA) is 147 Å². The number of rotatable bonds is 14. The fourth-order valence-corrected chi connectivity index (χ4v) is 9.40. The molecule has 3 aromatic carbocycles. The summed E-state index contributed by atoms with van der Waals surface area (Å²) in [6.45, 7) is 9.45. The lowest BCUT2D eigenvalue weighted by atomic mass is 9.45. The molecule has 3 aromatic rings. The summed E-state index contributed by atoms with van der Waals surface area (Å²) in [7, 11) is 7.08. The van der Waals surface area contributed by atoms with E-state index in [9.17, 15) is 14.4 Å². The van der Waals surface area contributed by atoms with Crippen molar-refractivity contribution in [3.05, 3.63) is 83.4 Å². The molecule has 1 saturated heterocycles. The molecule has 4 fully saturated rings. The van der Waals surface area contributed by atoms with E-state index in [2.05, 4.69) is 36.7 Å². The summed E-state index contributed by atoms with van der Waals surface area (Å²) in [4.78, 5) is 49.2. The number of ether oxygens (including phenoxy) is 2. The Bertz CT molecular complexity index is 1870. The Labute approximate surface area is 331 Å². The van der Waals surface area contributed by atoms with Crippen molar-refractivity contribution in [1.82, 2.24) is 21.0 Å². The molecule has 12 nitrogen and oxygen atoms in total. The van der Waals surface area contributed by atoms with Gasteiger partial charge in [-0.05, 0) is 78.7 Å². The number of para-hydroxylation sites is 1. The highest BCUT2D eigenvalue weighted by Crippen LogP contribution is 2.61. The zero-order chi connectivity index (χ0) is 40.3. The number of hydrogen-bond acceptors (Lipinski definition) is 9. The van der Waals surface area contributed by atoms with E-state index in [4.69, 9.17) is 20.0 Å². The van der Waals surface area contributed by atoms with Crippen LogP contribution in [0.2, 0.25) is 0 Å². The van der Waals surface area contributed by atoms with Gasteiger partial charge in [0.25, 0.3) is 5.91 Å². The number of hydrogen-bond donors (Lipinski definition) is 4. The number of alkyl carbamates (subject to hydrolysis) is 1. The number of methoxy groups -OCH3 is 1. The van der Waals surface area contributed by atoms with Crippen molar-refractivity contribution in [2.45, 2.75) is 77.8 Å². The largest absolute Gasteiger partial charge is 0.496 e. The monoisotopic (exact) mass is 768 g/mol. The number of carbonyl (C=O) groups is 3. The Morgan fingerprint density at radius 3 is 2.45 bits per heavy atom. The zero-order valence-corrected chi connectivity index (χ0v) is 34.1. The van der Waals surface area contributed by atoms with E-state index in [-0.39, 0.29) is 36.4 Å². The van der Waals surface area contributed by atoms with Crippen LogP contribution in [0, 0.1) is 29.1 Å². The highest BCUT2D eigenvalue weighted by atomic mass is 16.7. The molecule has 7 rings (SSSR count). The molecule has 0 spiro atoms. The SMILES string of the molecule is CNC(=O)c1cc(-c2cccc(CN3O[C@@H](CN)[C@@H]([C@H](C)OC(=O)NCCc4ccccc4)[C@H]3C(=O)N[C@H]3C[C@H]4C[C@@H]([C@@H]3C)C4(C)C)c2OC)cc(N(C)C)c1. The molecule has 12 heteroatoms. The van der Waals surface area contributed by atoms with Crippen LogP contribution in [0.25, 0.3) is 11.1 Å². The predicted octanol–water partition coefficient (Wildman–Crippen LogP) is 5.39. The van der Waals surface area contributed by atoms with E-state index in [1.165, 1.54) is 6.42 Å². The molecule has 5 N–H and O–H groups in total. The first-order chi connectivity index (χ1) is 26.8. The lowest BCUT2D eigenvalue weighted by molar-refractivity contribution is -0.175. The number of fused-ring (bicyclic) bond motifs is 2. The average Bonchev–Trinajstić information content (AvgIpc) is 3.56. The summed E-state index contributed by atoms with van der Waals surface area (Å²) in [5, 5.41) is 10.7. The third-order valence-corrected chi connectivity index (χ3v) is 12.8. The number of anilines is 1. The summed E-state index contributed by atoms with van der Waals surface area (Å²) < 4.78 is 12.1.